The first-order chi connectivity index (χ1) is 8.63. The number of hydrogen-bond acceptors (Lipinski definition) is 5. The van der Waals surface area contributed by atoms with E-state index in [0.29, 0.717) is 23.9 Å². The van der Waals surface area contributed by atoms with Crippen LogP contribution < -0.4 is 15.8 Å². The molecule has 5 nitrogen and oxygen atoms in total. The van der Waals surface area contributed by atoms with Crippen LogP contribution in [0.15, 0.2) is 12.1 Å². The molecule has 1 aromatic rings. The highest BCUT2D eigenvalue weighted by Crippen LogP contribution is 2.20. The van der Waals surface area contributed by atoms with Crippen LogP contribution in [0.25, 0.3) is 0 Å². The lowest BCUT2D eigenvalue weighted by molar-refractivity contribution is 0.307. The third-order valence-electron chi connectivity index (χ3n) is 2.25. The van der Waals surface area contributed by atoms with E-state index in [-0.39, 0.29) is 0 Å². The Balaban J connectivity index is 2.48. The topological polar surface area (TPSA) is 77.2 Å². The summed E-state index contributed by atoms with van der Waals surface area (Å²) in [4.78, 5) is 4.29. The van der Waals surface area contributed by atoms with E-state index in [1.165, 1.54) is 0 Å². The van der Waals surface area contributed by atoms with Crippen molar-refractivity contribution >= 4 is 22.3 Å². The molecule has 1 rings (SSSR count). The maximum Gasteiger partial charge on any atom is 0.239 e. The highest BCUT2D eigenvalue weighted by Gasteiger charge is 2.03. The predicted molar refractivity (Wildman–Crippen MR) is 76.5 cm³/mol. The number of nitrogens with zero attached hydrogens (tertiary/aromatic N) is 1. The SMILES string of the molecule is CCCOc1nc(NCCCS(C)=O)ccc1N. The van der Waals surface area contributed by atoms with Gasteiger partial charge in [-0.05, 0) is 25.0 Å². The third-order valence-corrected chi connectivity index (χ3v) is 3.11. The Hall–Kier alpha value is -1.30. The van der Waals surface area contributed by atoms with Crippen LogP contribution in [-0.4, -0.2) is 34.4 Å². The van der Waals surface area contributed by atoms with Crippen LogP contribution in [0.1, 0.15) is 19.8 Å². The number of pyridine rings is 1. The second-order valence-electron chi connectivity index (χ2n) is 4.00. The van der Waals surface area contributed by atoms with Crippen molar-refractivity contribution in [3.8, 4) is 5.88 Å². The van der Waals surface area contributed by atoms with Gasteiger partial charge in [0.05, 0.1) is 12.3 Å². The Bertz CT molecular complexity index is 399. The van der Waals surface area contributed by atoms with Crippen LogP contribution in [0.2, 0.25) is 0 Å². The fourth-order valence-corrected chi connectivity index (χ4v) is 1.91. The summed E-state index contributed by atoms with van der Waals surface area (Å²) in [7, 11) is -0.741. The molecule has 0 aliphatic heterocycles. The van der Waals surface area contributed by atoms with Crippen molar-refractivity contribution in [1.82, 2.24) is 4.98 Å². The maximum absolute atomic E-state index is 10.9. The molecule has 0 radical (unpaired) electrons. The summed E-state index contributed by atoms with van der Waals surface area (Å²) in [5.41, 5.74) is 6.31. The van der Waals surface area contributed by atoms with Crippen molar-refractivity contribution in [2.24, 2.45) is 0 Å². The van der Waals surface area contributed by atoms with Crippen molar-refractivity contribution in [2.75, 3.05) is 36.2 Å². The van der Waals surface area contributed by atoms with Gasteiger partial charge in [0.15, 0.2) is 0 Å². The molecular weight excluding hydrogens is 250 g/mol. The summed E-state index contributed by atoms with van der Waals surface area (Å²) in [5, 5.41) is 3.16. The number of nitrogen functional groups attached to an aromatic ring is 1. The van der Waals surface area contributed by atoms with Gasteiger partial charge in [-0.1, -0.05) is 6.92 Å². The monoisotopic (exact) mass is 271 g/mol. The van der Waals surface area contributed by atoms with Crippen molar-refractivity contribution < 1.29 is 8.95 Å². The standard InChI is InChI=1S/C12H21N3O2S/c1-3-8-17-12-10(13)5-6-11(15-12)14-7-4-9-18(2)16/h5-6H,3-4,7-9,13H2,1-2H3,(H,14,15). The minimum atomic E-state index is -0.741. The second-order valence-corrected chi connectivity index (χ2v) is 5.55. The van der Waals surface area contributed by atoms with E-state index in [4.69, 9.17) is 10.5 Å². The van der Waals surface area contributed by atoms with E-state index in [1.54, 1.807) is 12.3 Å². The Morgan fingerprint density at radius 3 is 2.94 bits per heavy atom. The molecule has 0 saturated carbocycles. The molecule has 0 saturated heterocycles. The van der Waals surface area contributed by atoms with Gasteiger partial charge >= 0.3 is 0 Å². The normalized spacial score (nSPS) is 12.1. The van der Waals surface area contributed by atoms with E-state index in [1.807, 2.05) is 13.0 Å². The molecule has 0 fully saturated rings. The van der Waals surface area contributed by atoms with Gasteiger partial charge in [-0.2, -0.15) is 4.98 Å². The number of hydrogen-bond donors (Lipinski definition) is 2. The highest BCUT2D eigenvalue weighted by atomic mass is 32.2. The van der Waals surface area contributed by atoms with E-state index >= 15 is 0 Å². The van der Waals surface area contributed by atoms with Gasteiger partial charge in [-0.3, -0.25) is 4.21 Å². The first-order valence-corrected chi connectivity index (χ1v) is 7.79. The highest BCUT2D eigenvalue weighted by molar-refractivity contribution is 7.84. The number of ether oxygens (including phenoxy) is 1. The molecule has 18 heavy (non-hydrogen) atoms. The van der Waals surface area contributed by atoms with Crippen molar-refractivity contribution in [1.29, 1.82) is 0 Å². The lowest BCUT2D eigenvalue weighted by Crippen LogP contribution is -2.09. The average molecular weight is 271 g/mol. The molecule has 6 heteroatoms. The van der Waals surface area contributed by atoms with E-state index in [9.17, 15) is 4.21 Å². The summed E-state index contributed by atoms with van der Waals surface area (Å²) in [6.45, 7) is 3.38. The number of anilines is 2. The van der Waals surface area contributed by atoms with Crippen LogP contribution in [0.4, 0.5) is 11.5 Å². The molecule has 1 unspecified atom stereocenters. The Morgan fingerprint density at radius 2 is 2.28 bits per heavy atom. The summed E-state index contributed by atoms with van der Waals surface area (Å²) >= 11 is 0. The lowest BCUT2D eigenvalue weighted by atomic mass is 10.4. The molecule has 1 aromatic heterocycles. The zero-order valence-electron chi connectivity index (χ0n) is 10.9. The largest absolute Gasteiger partial charge is 0.476 e. The molecule has 0 spiro atoms. The van der Waals surface area contributed by atoms with Gasteiger partial charge in [0.25, 0.3) is 0 Å². The van der Waals surface area contributed by atoms with Crippen molar-refractivity contribution in [2.45, 2.75) is 19.8 Å². The van der Waals surface area contributed by atoms with Crippen molar-refractivity contribution in [3.63, 3.8) is 0 Å². The number of nitrogens with one attached hydrogen (secondary N) is 1. The van der Waals surface area contributed by atoms with Crippen molar-refractivity contribution in [3.05, 3.63) is 12.1 Å². The minimum absolute atomic E-state index is 0.473. The maximum atomic E-state index is 10.9. The first-order valence-electron chi connectivity index (χ1n) is 6.06. The summed E-state index contributed by atoms with van der Waals surface area (Å²) in [6.07, 6.45) is 3.47. The molecule has 1 atom stereocenters. The van der Waals surface area contributed by atoms with E-state index in [0.717, 1.165) is 25.2 Å². The first kappa shape index (κ1) is 14.8. The van der Waals surface area contributed by atoms with Gasteiger partial charge in [0, 0.05) is 29.4 Å². The zero-order valence-corrected chi connectivity index (χ0v) is 11.8. The average Bonchev–Trinajstić information content (AvgIpc) is 2.34. The van der Waals surface area contributed by atoms with Crippen LogP contribution in [0.5, 0.6) is 5.88 Å². The Labute approximate surface area is 111 Å². The fraction of sp³-hybridized carbons (Fsp3) is 0.583. The lowest BCUT2D eigenvalue weighted by Gasteiger charge is -2.10. The molecule has 0 bridgehead atoms. The van der Waals surface area contributed by atoms with Crippen LogP contribution >= 0.6 is 0 Å². The Morgan fingerprint density at radius 1 is 1.50 bits per heavy atom. The molecule has 1 heterocycles. The summed E-state index contributed by atoms with van der Waals surface area (Å²) in [6, 6.07) is 3.59. The molecular formula is C12H21N3O2S. The van der Waals surface area contributed by atoms with Crippen LogP contribution in [-0.2, 0) is 10.8 Å². The predicted octanol–water partition coefficient (Wildman–Crippen LogP) is 1.63. The van der Waals surface area contributed by atoms with Crippen LogP contribution in [0.3, 0.4) is 0 Å². The quantitative estimate of drug-likeness (QED) is 0.703. The second kappa shape index (κ2) is 7.92. The van der Waals surface area contributed by atoms with Gasteiger partial charge in [-0.25, -0.2) is 0 Å². The molecule has 0 aromatic carbocycles. The van der Waals surface area contributed by atoms with Gasteiger partial charge in [0.1, 0.15) is 5.82 Å². The zero-order chi connectivity index (χ0) is 13.4. The van der Waals surface area contributed by atoms with Crippen LogP contribution in [0, 0.1) is 0 Å². The molecule has 0 aliphatic carbocycles. The molecule has 0 aliphatic rings. The van der Waals surface area contributed by atoms with Gasteiger partial charge < -0.3 is 15.8 Å². The van der Waals surface area contributed by atoms with Gasteiger partial charge in [-0.15, -0.1) is 0 Å². The molecule has 0 amide bonds. The van der Waals surface area contributed by atoms with E-state index < -0.39 is 10.8 Å². The summed E-state index contributed by atoms with van der Waals surface area (Å²) in [5.74, 6) is 1.90. The molecule has 102 valence electrons. The number of aromatic nitrogens is 1. The smallest absolute Gasteiger partial charge is 0.239 e. The Kier molecular flexibility index (Phi) is 6.49. The summed E-state index contributed by atoms with van der Waals surface area (Å²) < 4.78 is 16.3. The minimum Gasteiger partial charge on any atom is -0.476 e. The van der Waals surface area contributed by atoms with Gasteiger partial charge in [0.2, 0.25) is 5.88 Å². The molecule has 3 N–H and O–H groups in total. The van der Waals surface area contributed by atoms with E-state index in [2.05, 4.69) is 10.3 Å². The number of rotatable bonds is 8. The fourth-order valence-electron chi connectivity index (χ4n) is 1.36. The number of nitrogens with two attached hydrogens (primary N) is 1. The third kappa shape index (κ3) is 5.35.